The first-order valence-electron chi connectivity index (χ1n) is 7.97. The third-order valence-corrected chi connectivity index (χ3v) is 4.29. The SMILES string of the molecule is CN=C(NCc1ccon1)NCC1(CC(C)C)CCCC1.I. The van der Waals surface area contributed by atoms with E-state index in [1.54, 1.807) is 6.26 Å². The highest BCUT2D eigenvalue weighted by Gasteiger charge is 2.34. The van der Waals surface area contributed by atoms with Crippen molar-refractivity contribution in [2.75, 3.05) is 13.6 Å². The number of guanidine groups is 1. The molecule has 1 aliphatic carbocycles. The summed E-state index contributed by atoms with van der Waals surface area (Å²) in [5.74, 6) is 1.59. The number of halogens is 1. The van der Waals surface area contributed by atoms with E-state index in [-0.39, 0.29) is 24.0 Å². The molecule has 2 N–H and O–H groups in total. The highest BCUT2D eigenvalue weighted by atomic mass is 127. The van der Waals surface area contributed by atoms with Crippen molar-refractivity contribution in [2.45, 2.75) is 52.5 Å². The molecule has 0 atom stereocenters. The van der Waals surface area contributed by atoms with Crippen LogP contribution in [0.1, 0.15) is 51.6 Å². The van der Waals surface area contributed by atoms with Gasteiger partial charge in [0.1, 0.15) is 12.0 Å². The Morgan fingerprint density at radius 2 is 2.09 bits per heavy atom. The summed E-state index contributed by atoms with van der Waals surface area (Å²) in [6.07, 6.45) is 8.26. The fraction of sp³-hybridized carbons (Fsp3) is 0.750. The van der Waals surface area contributed by atoms with Crippen molar-refractivity contribution in [3.05, 3.63) is 18.0 Å². The summed E-state index contributed by atoms with van der Waals surface area (Å²) in [7, 11) is 1.81. The van der Waals surface area contributed by atoms with E-state index in [1.165, 1.54) is 32.1 Å². The smallest absolute Gasteiger partial charge is 0.191 e. The van der Waals surface area contributed by atoms with Gasteiger partial charge in [-0.3, -0.25) is 4.99 Å². The number of aliphatic imine (C=N–C) groups is 1. The van der Waals surface area contributed by atoms with Crippen LogP contribution in [0, 0.1) is 11.3 Å². The molecule has 1 saturated carbocycles. The van der Waals surface area contributed by atoms with Gasteiger partial charge in [0.25, 0.3) is 0 Å². The van der Waals surface area contributed by atoms with Gasteiger partial charge in [-0.1, -0.05) is 31.8 Å². The van der Waals surface area contributed by atoms with E-state index in [9.17, 15) is 0 Å². The van der Waals surface area contributed by atoms with Crippen molar-refractivity contribution < 1.29 is 4.52 Å². The topological polar surface area (TPSA) is 62.5 Å². The number of hydrogen-bond acceptors (Lipinski definition) is 3. The van der Waals surface area contributed by atoms with Crippen molar-refractivity contribution in [3.8, 4) is 0 Å². The molecule has 0 spiro atoms. The Morgan fingerprint density at radius 3 is 2.64 bits per heavy atom. The van der Waals surface area contributed by atoms with E-state index in [2.05, 4.69) is 34.6 Å². The lowest BCUT2D eigenvalue weighted by Crippen LogP contribution is -2.43. The largest absolute Gasteiger partial charge is 0.364 e. The molecule has 0 aliphatic heterocycles. The van der Waals surface area contributed by atoms with Crippen LogP contribution in [-0.2, 0) is 6.54 Å². The Morgan fingerprint density at radius 1 is 1.36 bits per heavy atom. The summed E-state index contributed by atoms with van der Waals surface area (Å²) >= 11 is 0. The van der Waals surface area contributed by atoms with Gasteiger partial charge in [0.05, 0.1) is 6.54 Å². The molecule has 0 saturated heterocycles. The van der Waals surface area contributed by atoms with Crippen LogP contribution in [0.2, 0.25) is 0 Å². The molecule has 0 unspecified atom stereocenters. The minimum absolute atomic E-state index is 0. The van der Waals surface area contributed by atoms with Gasteiger partial charge in [-0.05, 0) is 30.6 Å². The second-order valence-electron chi connectivity index (χ2n) is 6.58. The predicted octanol–water partition coefficient (Wildman–Crippen LogP) is 3.56. The summed E-state index contributed by atoms with van der Waals surface area (Å²) < 4.78 is 4.83. The van der Waals surface area contributed by atoms with Crippen LogP contribution < -0.4 is 10.6 Å². The van der Waals surface area contributed by atoms with E-state index in [4.69, 9.17) is 4.52 Å². The first-order chi connectivity index (χ1) is 10.1. The zero-order valence-electron chi connectivity index (χ0n) is 13.9. The maximum Gasteiger partial charge on any atom is 0.191 e. The van der Waals surface area contributed by atoms with Gasteiger partial charge in [-0.2, -0.15) is 0 Å². The molecule has 22 heavy (non-hydrogen) atoms. The monoisotopic (exact) mass is 420 g/mol. The average Bonchev–Trinajstić information content (AvgIpc) is 3.10. The van der Waals surface area contributed by atoms with E-state index in [0.717, 1.165) is 24.1 Å². The Kier molecular flexibility index (Phi) is 8.20. The molecule has 2 rings (SSSR count). The van der Waals surface area contributed by atoms with Crippen LogP contribution >= 0.6 is 24.0 Å². The standard InChI is InChI=1S/C16H28N4O.HI/c1-13(2)10-16(7-4-5-8-16)12-19-15(17-3)18-11-14-6-9-21-20-14;/h6,9,13H,4-5,7-8,10-12H2,1-3H3,(H2,17,18,19);1H. The zero-order chi connectivity index (χ0) is 15.1. The van der Waals surface area contributed by atoms with Crippen molar-refractivity contribution in [1.82, 2.24) is 15.8 Å². The summed E-state index contributed by atoms with van der Waals surface area (Å²) in [6.45, 7) is 6.27. The molecule has 1 aromatic heterocycles. The fourth-order valence-electron chi connectivity index (χ4n) is 3.44. The van der Waals surface area contributed by atoms with Gasteiger partial charge in [0.2, 0.25) is 0 Å². The van der Waals surface area contributed by atoms with Gasteiger partial charge < -0.3 is 15.2 Å². The first kappa shape index (κ1) is 19.3. The Labute approximate surface area is 150 Å². The lowest BCUT2D eigenvalue weighted by molar-refractivity contribution is 0.234. The highest BCUT2D eigenvalue weighted by Crippen LogP contribution is 2.42. The molecule has 5 nitrogen and oxygen atoms in total. The number of rotatable bonds is 6. The summed E-state index contributed by atoms with van der Waals surface area (Å²) in [6, 6.07) is 1.86. The summed E-state index contributed by atoms with van der Waals surface area (Å²) in [5.41, 5.74) is 1.33. The minimum Gasteiger partial charge on any atom is -0.364 e. The van der Waals surface area contributed by atoms with Crippen molar-refractivity contribution >= 4 is 29.9 Å². The van der Waals surface area contributed by atoms with Crippen LogP contribution in [0.5, 0.6) is 0 Å². The van der Waals surface area contributed by atoms with Crippen LogP contribution in [-0.4, -0.2) is 24.7 Å². The van der Waals surface area contributed by atoms with Gasteiger partial charge in [-0.15, -0.1) is 24.0 Å². The van der Waals surface area contributed by atoms with Crippen molar-refractivity contribution in [2.24, 2.45) is 16.3 Å². The molecule has 0 bridgehead atoms. The maximum absolute atomic E-state index is 4.83. The Hall–Kier alpha value is -0.790. The van der Waals surface area contributed by atoms with E-state index >= 15 is 0 Å². The number of nitrogens with zero attached hydrogens (tertiary/aromatic N) is 2. The number of nitrogens with one attached hydrogen (secondary N) is 2. The first-order valence-corrected chi connectivity index (χ1v) is 7.97. The normalized spacial score (nSPS) is 17.4. The van der Waals surface area contributed by atoms with E-state index in [0.29, 0.717) is 12.0 Å². The summed E-state index contributed by atoms with van der Waals surface area (Å²) in [4.78, 5) is 4.29. The Bertz CT molecular complexity index is 439. The second-order valence-corrected chi connectivity index (χ2v) is 6.58. The summed E-state index contributed by atoms with van der Waals surface area (Å²) in [5, 5.41) is 10.7. The molecule has 1 fully saturated rings. The average molecular weight is 420 g/mol. The van der Waals surface area contributed by atoms with Crippen molar-refractivity contribution in [3.63, 3.8) is 0 Å². The maximum atomic E-state index is 4.83. The Balaban J connectivity index is 0.00000242. The van der Waals surface area contributed by atoms with Crippen LogP contribution in [0.4, 0.5) is 0 Å². The molecule has 1 aromatic rings. The molecular formula is C16H29IN4O. The third kappa shape index (κ3) is 5.78. The third-order valence-electron chi connectivity index (χ3n) is 4.29. The lowest BCUT2D eigenvalue weighted by atomic mass is 9.78. The van der Waals surface area contributed by atoms with Crippen LogP contribution in [0.3, 0.4) is 0 Å². The number of hydrogen-bond donors (Lipinski definition) is 2. The molecule has 0 aromatic carbocycles. The van der Waals surface area contributed by atoms with Crippen molar-refractivity contribution in [1.29, 1.82) is 0 Å². The molecule has 0 amide bonds. The zero-order valence-corrected chi connectivity index (χ0v) is 16.2. The van der Waals surface area contributed by atoms with Gasteiger partial charge in [0.15, 0.2) is 5.96 Å². The van der Waals surface area contributed by atoms with E-state index < -0.39 is 0 Å². The van der Waals surface area contributed by atoms with E-state index in [1.807, 2.05) is 13.1 Å². The fourth-order valence-corrected chi connectivity index (χ4v) is 3.44. The second kappa shape index (κ2) is 9.37. The van der Waals surface area contributed by atoms with Crippen LogP contribution in [0.25, 0.3) is 0 Å². The lowest BCUT2D eigenvalue weighted by Gasteiger charge is -2.31. The quantitative estimate of drug-likeness (QED) is 0.420. The van der Waals surface area contributed by atoms with Gasteiger partial charge in [-0.25, -0.2) is 0 Å². The predicted molar refractivity (Wildman–Crippen MR) is 100 cm³/mol. The molecule has 1 heterocycles. The van der Waals surface area contributed by atoms with Gasteiger partial charge >= 0.3 is 0 Å². The van der Waals surface area contributed by atoms with Gasteiger partial charge in [0, 0.05) is 19.7 Å². The highest BCUT2D eigenvalue weighted by molar-refractivity contribution is 14.0. The molecule has 0 radical (unpaired) electrons. The number of aromatic nitrogens is 1. The molecule has 126 valence electrons. The van der Waals surface area contributed by atoms with Crippen LogP contribution in [0.15, 0.2) is 21.8 Å². The molecular weight excluding hydrogens is 391 g/mol. The minimum atomic E-state index is 0. The molecule has 6 heteroatoms. The molecule has 1 aliphatic rings.